The zero-order valence-electron chi connectivity index (χ0n) is 16.1. The molecule has 0 spiro atoms. The molecule has 0 saturated carbocycles. The highest BCUT2D eigenvalue weighted by molar-refractivity contribution is 6.41. The Morgan fingerprint density at radius 2 is 1.09 bits per heavy atom. The molecule has 0 amide bonds. The van der Waals surface area contributed by atoms with E-state index in [0.717, 1.165) is 5.56 Å². The average molecular weight is 553 g/mol. The Labute approximate surface area is 213 Å². The number of carbonyl (C=O) groups is 2. The predicted octanol–water partition coefficient (Wildman–Crippen LogP) is 8.21. The molecule has 166 valence electrons. The predicted molar refractivity (Wildman–Crippen MR) is 128 cm³/mol. The van der Waals surface area contributed by atoms with E-state index in [1.807, 2.05) is 0 Å². The highest BCUT2D eigenvalue weighted by Crippen LogP contribution is 2.39. The van der Waals surface area contributed by atoms with Crippen molar-refractivity contribution in [2.24, 2.45) is 0 Å². The molecule has 4 nitrogen and oxygen atoms in total. The summed E-state index contributed by atoms with van der Waals surface area (Å²) in [6.07, 6.45) is 0. The summed E-state index contributed by atoms with van der Waals surface area (Å²) in [5.74, 6) is -3.74. The van der Waals surface area contributed by atoms with Gasteiger partial charge in [0.2, 0.25) is 0 Å². The molecular formula is C22H12Cl6O4. The minimum Gasteiger partial charge on any atom is -0.422 e. The first kappa shape index (κ1) is 25.0. The van der Waals surface area contributed by atoms with Crippen molar-refractivity contribution in [1.29, 1.82) is 0 Å². The normalized spacial score (nSPS) is 10.9. The molecule has 0 bridgehead atoms. The molecule has 0 radical (unpaired) electrons. The summed E-state index contributed by atoms with van der Waals surface area (Å²) in [6, 6.07) is 12.1. The monoisotopic (exact) mass is 550 g/mol. The van der Waals surface area contributed by atoms with Crippen LogP contribution in [0.3, 0.4) is 0 Å². The summed E-state index contributed by atoms with van der Waals surface area (Å²) in [5, 5.41) is 0.488. The number of benzene rings is 3. The van der Waals surface area contributed by atoms with Gasteiger partial charge in [-0.3, -0.25) is 9.59 Å². The zero-order chi connectivity index (χ0) is 23.6. The van der Waals surface area contributed by atoms with Gasteiger partial charge in [-0.25, -0.2) is 0 Å². The fourth-order valence-electron chi connectivity index (χ4n) is 2.79. The second kappa shape index (κ2) is 10.5. The summed E-state index contributed by atoms with van der Waals surface area (Å²) in [4.78, 5) is 26.2. The van der Waals surface area contributed by atoms with Gasteiger partial charge in [-0.2, -0.15) is 0 Å². The molecule has 3 aromatic carbocycles. The minimum atomic E-state index is -1.50. The molecule has 0 aromatic heterocycles. The van der Waals surface area contributed by atoms with E-state index in [9.17, 15) is 9.59 Å². The molecule has 3 rings (SSSR count). The van der Waals surface area contributed by atoms with E-state index in [1.165, 1.54) is 24.3 Å². The fraction of sp³-hybridized carbons (Fsp3) is 0.0909. The fourth-order valence-corrected chi connectivity index (χ4v) is 4.58. The lowest BCUT2D eigenvalue weighted by Gasteiger charge is -2.18. The van der Waals surface area contributed by atoms with Crippen molar-refractivity contribution < 1.29 is 19.1 Å². The summed E-state index contributed by atoms with van der Waals surface area (Å²) in [7, 11) is 0. The van der Waals surface area contributed by atoms with E-state index in [1.54, 1.807) is 31.2 Å². The summed E-state index contributed by atoms with van der Waals surface area (Å²) < 4.78 is 10.8. The first-order valence-corrected chi connectivity index (χ1v) is 11.1. The second-order valence-electron chi connectivity index (χ2n) is 6.59. The number of halogens is 6. The molecule has 0 N–H and O–H groups in total. The lowest BCUT2D eigenvalue weighted by Crippen LogP contribution is -2.30. The quantitative estimate of drug-likeness (QED) is 0.182. The molecule has 0 aliphatic rings. The van der Waals surface area contributed by atoms with Gasteiger partial charge in [0, 0.05) is 10.0 Å². The molecular weight excluding hydrogens is 541 g/mol. The van der Waals surface area contributed by atoms with Crippen LogP contribution in [0.5, 0.6) is 11.5 Å². The molecule has 0 fully saturated rings. The number of carbonyl (C=O) groups excluding carboxylic acids is 2. The van der Waals surface area contributed by atoms with Gasteiger partial charge in [0.25, 0.3) is 0 Å². The number of ether oxygens (including phenoxy) is 2. The van der Waals surface area contributed by atoms with Crippen LogP contribution in [0.25, 0.3) is 0 Å². The first-order chi connectivity index (χ1) is 15.1. The van der Waals surface area contributed by atoms with Gasteiger partial charge in [0.1, 0.15) is 0 Å². The molecule has 10 heteroatoms. The molecule has 3 aromatic rings. The largest absolute Gasteiger partial charge is 0.422 e. The van der Waals surface area contributed by atoms with E-state index in [-0.39, 0.29) is 41.6 Å². The van der Waals surface area contributed by atoms with Gasteiger partial charge in [-0.05, 0) is 36.8 Å². The minimum absolute atomic E-state index is 0.00370. The van der Waals surface area contributed by atoms with E-state index in [2.05, 4.69) is 0 Å². The van der Waals surface area contributed by atoms with Gasteiger partial charge < -0.3 is 9.47 Å². The molecule has 0 unspecified atom stereocenters. The third-order valence-corrected chi connectivity index (χ3v) is 5.74. The summed E-state index contributed by atoms with van der Waals surface area (Å²) >= 11 is 36.2. The molecule has 32 heavy (non-hydrogen) atoms. The Bertz CT molecular complexity index is 1090. The topological polar surface area (TPSA) is 52.6 Å². The van der Waals surface area contributed by atoms with Crippen LogP contribution < -0.4 is 9.47 Å². The van der Waals surface area contributed by atoms with Gasteiger partial charge in [-0.15, -0.1) is 0 Å². The molecule has 0 saturated heterocycles. The van der Waals surface area contributed by atoms with Crippen LogP contribution in [-0.2, 0) is 9.59 Å². The van der Waals surface area contributed by atoms with E-state index in [0.29, 0.717) is 5.56 Å². The van der Waals surface area contributed by atoms with Gasteiger partial charge >= 0.3 is 11.9 Å². The Kier molecular flexibility index (Phi) is 8.21. The maximum absolute atomic E-state index is 13.1. The average Bonchev–Trinajstić information content (AvgIpc) is 2.67. The Morgan fingerprint density at radius 3 is 1.47 bits per heavy atom. The van der Waals surface area contributed by atoms with E-state index < -0.39 is 17.9 Å². The second-order valence-corrected chi connectivity index (χ2v) is 9.09. The number of aryl methyl sites for hydroxylation is 1. The van der Waals surface area contributed by atoms with Crippen molar-refractivity contribution in [3.05, 3.63) is 89.8 Å². The third kappa shape index (κ3) is 5.82. The van der Waals surface area contributed by atoms with Crippen LogP contribution in [0.4, 0.5) is 0 Å². The molecule has 0 atom stereocenters. The smallest absolute Gasteiger partial charge is 0.330 e. The van der Waals surface area contributed by atoms with Crippen molar-refractivity contribution in [1.82, 2.24) is 0 Å². The van der Waals surface area contributed by atoms with Crippen LogP contribution in [0, 0.1) is 6.92 Å². The lowest BCUT2D eigenvalue weighted by atomic mass is 9.97. The summed E-state index contributed by atoms with van der Waals surface area (Å²) in [6.45, 7) is 1.80. The van der Waals surface area contributed by atoms with Crippen LogP contribution in [0.15, 0.2) is 48.5 Å². The summed E-state index contributed by atoms with van der Waals surface area (Å²) in [5.41, 5.74) is 1.13. The Balaban J connectivity index is 1.99. The number of rotatable bonds is 5. The van der Waals surface area contributed by atoms with Crippen LogP contribution in [-0.4, -0.2) is 11.9 Å². The first-order valence-electron chi connectivity index (χ1n) is 8.86. The molecule has 0 aliphatic carbocycles. The third-order valence-electron chi connectivity index (χ3n) is 4.18. The number of hydrogen-bond donors (Lipinski definition) is 0. The molecule has 0 heterocycles. The highest BCUT2D eigenvalue weighted by Gasteiger charge is 2.34. The van der Waals surface area contributed by atoms with Crippen LogP contribution >= 0.6 is 69.6 Å². The van der Waals surface area contributed by atoms with Crippen LogP contribution in [0.1, 0.15) is 17.0 Å². The van der Waals surface area contributed by atoms with Gasteiger partial charge in [0.15, 0.2) is 17.4 Å². The number of hydrogen-bond acceptors (Lipinski definition) is 4. The maximum atomic E-state index is 13.1. The Hall–Kier alpha value is -1.66. The van der Waals surface area contributed by atoms with Crippen LogP contribution in [0.2, 0.25) is 30.1 Å². The maximum Gasteiger partial charge on any atom is 0.330 e. The van der Waals surface area contributed by atoms with Crippen molar-refractivity contribution >= 4 is 81.5 Å². The van der Waals surface area contributed by atoms with Gasteiger partial charge in [0.05, 0.1) is 20.1 Å². The standard InChI is InChI=1S/C22H12Cl6O4/c1-10-3-2-4-11(5-10)18(21(29)31-19-14(25)6-12(23)7-15(19)26)22(30)32-20-16(27)8-13(24)9-17(20)28/h2-9,18H,1H3. The van der Waals surface area contributed by atoms with Crippen molar-refractivity contribution in [2.75, 3.05) is 0 Å². The van der Waals surface area contributed by atoms with E-state index >= 15 is 0 Å². The van der Waals surface area contributed by atoms with Gasteiger partial charge in [-0.1, -0.05) is 99.4 Å². The van der Waals surface area contributed by atoms with E-state index in [4.69, 9.17) is 79.1 Å². The lowest BCUT2D eigenvalue weighted by molar-refractivity contribution is -0.147. The zero-order valence-corrected chi connectivity index (χ0v) is 20.6. The van der Waals surface area contributed by atoms with Crippen molar-refractivity contribution in [2.45, 2.75) is 12.8 Å². The number of esters is 2. The molecule has 0 aliphatic heterocycles. The Morgan fingerprint density at radius 1 is 0.688 bits per heavy atom. The van der Waals surface area contributed by atoms with Crippen molar-refractivity contribution in [3.8, 4) is 11.5 Å². The highest BCUT2D eigenvalue weighted by atomic mass is 35.5. The SMILES string of the molecule is Cc1cccc(C(C(=O)Oc2c(Cl)cc(Cl)cc2Cl)C(=O)Oc2c(Cl)cc(Cl)cc2Cl)c1. The van der Waals surface area contributed by atoms with Crippen molar-refractivity contribution in [3.63, 3.8) is 0 Å².